The highest BCUT2D eigenvalue weighted by Crippen LogP contribution is 2.48. The highest BCUT2D eigenvalue weighted by molar-refractivity contribution is 9.10. The predicted octanol–water partition coefficient (Wildman–Crippen LogP) is 1.23. The van der Waals surface area contributed by atoms with Crippen LogP contribution in [0.15, 0.2) is 22.7 Å². The van der Waals surface area contributed by atoms with Crippen molar-refractivity contribution < 1.29 is 19.5 Å². The van der Waals surface area contributed by atoms with Gasteiger partial charge in [-0.15, -0.1) is 0 Å². The van der Waals surface area contributed by atoms with E-state index < -0.39 is 11.5 Å². The summed E-state index contributed by atoms with van der Waals surface area (Å²) in [7, 11) is 0. The quantitative estimate of drug-likeness (QED) is 0.822. The number of carbonyl (C=O) groups is 3. The highest BCUT2D eigenvalue weighted by atomic mass is 79.9. The van der Waals surface area contributed by atoms with E-state index in [4.69, 9.17) is 5.11 Å². The first kappa shape index (κ1) is 13.1. The lowest BCUT2D eigenvalue weighted by molar-refractivity contribution is -0.128. The molecule has 0 aromatic heterocycles. The number of amides is 2. The van der Waals surface area contributed by atoms with Gasteiger partial charge in [-0.25, -0.2) is 4.79 Å². The van der Waals surface area contributed by atoms with Crippen molar-refractivity contribution in [1.82, 2.24) is 4.90 Å². The summed E-state index contributed by atoms with van der Waals surface area (Å²) in [6, 6.07) is 5.41. The summed E-state index contributed by atoms with van der Waals surface area (Å²) in [5, 5.41) is 8.97. The zero-order valence-corrected chi connectivity index (χ0v) is 12.0. The molecule has 1 fully saturated rings. The number of benzene rings is 1. The molecule has 20 heavy (non-hydrogen) atoms. The first-order valence-corrected chi connectivity index (χ1v) is 6.82. The minimum absolute atomic E-state index is 0.0116. The number of carbonyl (C=O) groups excluding carboxylic acids is 2. The van der Waals surface area contributed by atoms with E-state index in [9.17, 15) is 14.4 Å². The fourth-order valence-electron chi connectivity index (χ4n) is 2.91. The van der Waals surface area contributed by atoms with Crippen LogP contribution < -0.4 is 4.90 Å². The number of fused-ring (bicyclic) bond motifs is 2. The van der Waals surface area contributed by atoms with Crippen LogP contribution in [0.4, 0.5) is 10.5 Å². The molecule has 2 aliphatic rings. The maximum Gasteiger partial charge on any atom is 0.407 e. The van der Waals surface area contributed by atoms with Crippen LogP contribution >= 0.6 is 15.9 Å². The van der Waals surface area contributed by atoms with E-state index in [2.05, 4.69) is 15.9 Å². The molecule has 0 bridgehead atoms. The number of rotatable bonds is 2. The molecule has 1 aromatic rings. The fourth-order valence-corrected chi connectivity index (χ4v) is 3.27. The van der Waals surface area contributed by atoms with E-state index >= 15 is 0 Å². The summed E-state index contributed by atoms with van der Waals surface area (Å²) in [6.07, 6.45) is -0.357. The summed E-state index contributed by atoms with van der Waals surface area (Å²) in [6.45, 7) is 0.266. The van der Waals surface area contributed by atoms with E-state index in [1.54, 1.807) is 12.1 Å². The van der Waals surface area contributed by atoms with E-state index in [1.165, 1.54) is 9.80 Å². The predicted molar refractivity (Wildman–Crippen MR) is 73.8 cm³/mol. The van der Waals surface area contributed by atoms with Gasteiger partial charge >= 0.3 is 6.09 Å². The maximum atomic E-state index is 12.6. The topological polar surface area (TPSA) is 77.9 Å². The van der Waals surface area contributed by atoms with Gasteiger partial charge in [0, 0.05) is 23.2 Å². The van der Waals surface area contributed by atoms with Crippen LogP contribution in [-0.2, 0) is 15.0 Å². The lowest BCUT2D eigenvalue weighted by atomic mass is 9.75. The molecule has 2 heterocycles. The molecule has 1 spiro atoms. The van der Waals surface area contributed by atoms with Gasteiger partial charge in [0.2, 0.25) is 5.91 Å². The van der Waals surface area contributed by atoms with Crippen molar-refractivity contribution in [2.24, 2.45) is 0 Å². The van der Waals surface area contributed by atoms with Crippen molar-refractivity contribution in [3.8, 4) is 0 Å². The fraction of sp³-hybridized carbons (Fsp3) is 0.308. The van der Waals surface area contributed by atoms with Gasteiger partial charge in [0.1, 0.15) is 11.7 Å². The van der Waals surface area contributed by atoms with E-state index in [0.717, 1.165) is 10.0 Å². The van der Waals surface area contributed by atoms with Crippen molar-refractivity contribution in [2.75, 3.05) is 24.5 Å². The van der Waals surface area contributed by atoms with Gasteiger partial charge in [0.25, 0.3) is 0 Å². The summed E-state index contributed by atoms with van der Waals surface area (Å²) in [4.78, 5) is 36.9. The average Bonchev–Trinajstić information content (AvgIpc) is 2.57. The smallest absolute Gasteiger partial charge is 0.407 e. The van der Waals surface area contributed by atoms with Crippen LogP contribution in [0.25, 0.3) is 0 Å². The monoisotopic (exact) mass is 338 g/mol. The standard InChI is InChI=1S/C13H11BrN2O4/c14-8-1-2-10-9(5-8)13(6-15(7-13)12(19)20)11(18)16(10)3-4-17/h1-2,4-5H,3,6-7H2,(H,19,20). The molecule has 0 atom stereocenters. The Hall–Kier alpha value is -1.89. The Morgan fingerprint density at radius 3 is 2.75 bits per heavy atom. The largest absolute Gasteiger partial charge is 0.465 e. The molecule has 0 saturated carbocycles. The number of likely N-dealkylation sites (tertiary alicyclic amines) is 1. The number of halogens is 1. The third kappa shape index (κ3) is 1.59. The van der Waals surface area contributed by atoms with E-state index in [1.807, 2.05) is 6.07 Å². The Labute approximate surface area is 123 Å². The van der Waals surface area contributed by atoms with Crippen LogP contribution in [-0.4, -0.2) is 47.9 Å². The van der Waals surface area contributed by atoms with Crippen LogP contribution in [0.1, 0.15) is 5.56 Å². The Kier molecular flexibility index (Phi) is 2.82. The summed E-state index contributed by atoms with van der Waals surface area (Å²) >= 11 is 3.36. The molecule has 0 aliphatic carbocycles. The first-order chi connectivity index (χ1) is 9.49. The third-order valence-electron chi connectivity index (χ3n) is 3.87. The van der Waals surface area contributed by atoms with Crippen molar-refractivity contribution in [2.45, 2.75) is 5.41 Å². The van der Waals surface area contributed by atoms with Gasteiger partial charge in [-0.1, -0.05) is 15.9 Å². The van der Waals surface area contributed by atoms with Gasteiger partial charge in [0.15, 0.2) is 0 Å². The molecule has 1 aromatic carbocycles. The number of anilines is 1. The van der Waals surface area contributed by atoms with Crippen LogP contribution in [0.3, 0.4) is 0 Å². The third-order valence-corrected chi connectivity index (χ3v) is 4.36. The zero-order valence-electron chi connectivity index (χ0n) is 10.4. The summed E-state index contributed by atoms with van der Waals surface area (Å²) < 4.78 is 0.824. The Balaban J connectivity index is 2.05. The molecule has 104 valence electrons. The lowest BCUT2D eigenvalue weighted by Gasteiger charge is -2.45. The zero-order chi connectivity index (χ0) is 14.5. The Bertz CT molecular complexity index is 625. The Morgan fingerprint density at radius 2 is 2.15 bits per heavy atom. The molecule has 0 unspecified atom stereocenters. The van der Waals surface area contributed by atoms with Gasteiger partial charge in [-0.3, -0.25) is 4.79 Å². The minimum Gasteiger partial charge on any atom is -0.465 e. The van der Waals surface area contributed by atoms with Gasteiger partial charge in [-0.2, -0.15) is 0 Å². The van der Waals surface area contributed by atoms with Gasteiger partial charge in [-0.05, 0) is 23.8 Å². The molecule has 2 aliphatic heterocycles. The van der Waals surface area contributed by atoms with Crippen molar-refractivity contribution in [1.29, 1.82) is 0 Å². The maximum absolute atomic E-state index is 12.6. The molecule has 1 N–H and O–H groups in total. The molecule has 2 amide bonds. The van der Waals surface area contributed by atoms with Crippen molar-refractivity contribution in [3.05, 3.63) is 28.2 Å². The number of nitrogens with zero attached hydrogens (tertiary/aromatic N) is 2. The molecule has 7 heteroatoms. The minimum atomic E-state index is -1.03. The number of hydrogen-bond acceptors (Lipinski definition) is 3. The average molecular weight is 339 g/mol. The van der Waals surface area contributed by atoms with Crippen LogP contribution in [0.2, 0.25) is 0 Å². The molecular weight excluding hydrogens is 328 g/mol. The molecule has 6 nitrogen and oxygen atoms in total. The first-order valence-electron chi connectivity index (χ1n) is 6.03. The molecule has 1 saturated heterocycles. The summed E-state index contributed by atoms with van der Waals surface area (Å²) in [5.41, 5.74) is 0.645. The molecule has 0 radical (unpaired) electrons. The number of hydrogen-bond donors (Lipinski definition) is 1. The van der Waals surface area contributed by atoms with Crippen LogP contribution in [0.5, 0.6) is 0 Å². The van der Waals surface area contributed by atoms with Gasteiger partial charge in [0.05, 0.1) is 6.54 Å². The SMILES string of the molecule is O=CCN1C(=O)C2(CN(C(=O)O)C2)c2cc(Br)ccc21. The normalized spacial score (nSPS) is 18.9. The van der Waals surface area contributed by atoms with E-state index in [-0.39, 0.29) is 25.5 Å². The number of carboxylic acid groups (broad SMARTS) is 1. The lowest BCUT2D eigenvalue weighted by Crippen LogP contribution is -2.65. The van der Waals surface area contributed by atoms with Crippen molar-refractivity contribution in [3.63, 3.8) is 0 Å². The second-order valence-electron chi connectivity index (χ2n) is 4.96. The highest BCUT2D eigenvalue weighted by Gasteiger charge is 2.59. The molecule has 3 rings (SSSR count). The van der Waals surface area contributed by atoms with Gasteiger partial charge < -0.3 is 19.7 Å². The Morgan fingerprint density at radius 1 is 1.45 bits per heavy atom. The van der Waals surface area contributed by atoms with Crippen molar-refractivity contribution >= 4 is 39.9 Å². The second kappa shape index (κ2) is 4.31. The second-order valence-corrected chi connectivity index (χ2v) is 5.88. The van der Waals surface area contributed by atoms with Crippen LogP contribution in [0, 0.1) is 0 Å². The summed E-state index contributed by atoms with van der Waals surface area (Å²) in [5.74, 6) is -0.199. The molecular formula is C13H11BrN2O4. The number of aldehydes is 1. The van der Waals surface area contributed by atoms with E-state index in [0.29, 0.717) is 12.0 Å².